The second kappa shape index (κ2) is 8.52. The van der Waals surface area contributed by atoms with Crippen molar-refractivity contribution in [1.29, 1.82) is 0 Å². The molecule has 0 spiro atoms. The molecule has 0 unspecified atom stereocenters. The Balaban J connectivity index is 1.91. The summed E-state index contributed by atoms with van der Waals surface area (Å²) in [6.07, 6.45) is -3.07. The summed E-state index contributed by atoms with van der Waals surface area (Å²) in [4.78, 5) is 25.8. The van der Waals surface area contributed by atoms with E-state index in [0.717, 1.165) is 11.8 Å². The first-order chi connectivity index (χ1) is 12.3. The molecule has 0 fully saturated rings. The molecule has 1 aromatic heterocycles. The number of hydrogen-bond donors (Lipinski definition) is 2. The number of benzene rings is 1. The highest BCUT2D eigenvalue weighted by atomic mass is 32.2. The fourth-order valence-corrected chi connectivity index (χ4v) is 2.61. The number of aromatic nitrogens is 1. The van der Waals surface area contributed by atoms with Crippen molar-refractivity contribution in [1.82, 2.24) is 10.4 Å². The van der Waals surface area contributed by atoms with Crippen LogP contribution in [-0.4, -0.2) is 21.6 Å². The number of nitrogens with zero attached hydrogens (tertiary/aromatic N) is 2. The van der Waals surface area contributed by atoms with Crippen molar-refractivity contribution in [2.75, 3.05) is 11.2 Å². The predicted molar refractivity (Wildman–Crippen MR) is 90.3 cm³/mol. The summed E-state index contributed by atoms with van der Waals surface area (Å²) < 4.78 is 37.9. The van der Waals surface area contributed by atoms with E-state index in [0.29, 0.717) is 17.9 Å². The summed E-state index contributed by atoms with van der Waals surface area (Å²) in [5.74, 6) is 0.0484. The number of hydrazine groups is 1. The van der Waals surface area contributed by atoms with E-state index in [-0.39, 0.29) is 11.4 Å². The molecule has 7 nitrogen and oxygen atoms in total. The molecule has 0 saturated heterocycles. The van der Waals surface area contributed by atoms with Crippen LogP contribution >= 0.6 is 11.8 Å². The fraction of sp³-hybridized carbons (Fsp3) is 0.200. The minimum absolute atomic E-state index is 0.0397. The number of thioether (sulfide) groups is 1. The number of nitro benzene ring substituents is 1. The molecule has 1 amide bonds. The highest BCUT2D eigenvalue weighted by Gasteiger charge is 2.33. The molecule has 0 aliphatic heterocycles. The lowest BCUT2D eigenvalue weighted by molar-refractivity contribution is -0.384. The molecule has 2 rings (SSSR count). The molecule has 26 heavy (non-hydrogen) atoms. The minimum atomic E-state index is -4.70. The first kappa shape index (κ1) is 19.5. The lowest BCUT2D eigenvalue weighted by Gasteiger charge is -2.11. The van der Waals surface area contributed by atoms with Gasteiger partial charge in [0.15, 0.2) is 0 Å². The number of alkyl halides is 3. The number of amides is 1. The first-order valence-electron chi connectivity index (χ1n) is 7.15. The van der Waals surface area contributed by atoms with Crippen molar-refractivity contribution < 1.29 is 22.9 Å². The van der Waals surface area contributed by atoms with Crippen molar-refractivity contribution in [3.05, 3.63) is 64.0 Å². The van der Waals surface area contributed by atoms with Crippen molar-refractivity contribution in [2.45, 2.75) is 11.9 Å². The average molecular weight is 386 g/mol. The van der Waals surface area contributed by atoms with Crippen molar-refractivity contribution in [3.63, 3.8) is 0 Å². The zero-order valence-electron chi connectivity index (χ0n) is 13.1. The Hall–Kier alpha value is -2.82. The van der Waals surface area contributed by atoms with E-state index < -0.39 is 28.3 Å². The summed E-state index contributed by atoms with van der Waals surface area (Å²) in [6.45, 7) is 0. The Morgan fingerprint density at radius 1 is 1.27 bits per heavy atom. The quantitative estimate of drug-likeness (QED) is 0.559. The smallest absolute Gasteiger partial charge is 0.292 e. The monoisotopic (exact) mass is 386 g/mol. The van der Waals surface area contributed by atoms with E-state index in [9.17, 15) is 28.1 Å². The molecule has 0 bridgehead atoms. The summed E-state index contributed by atoms with van der Waals surface area (Å²) >= 11 is 1.27. The molecule has 0 aliphatic carbocycles. The van der Waals surface area contributed by atoms with Crippen LogP contribution in [-0.2, 0) is 16.7 Å². The van der Waals surface area contributed by atoms with Crippen LogP contribution in [0.5, 0.6) is 0 Å². The van der Waals surface area contributed by atoms with Gasteiger partial charge >= 0.3 is 6.18 Å². The highest BCUT2D eigenvalue weighted by Crippen LogP contribution is 2.34. The van der Waals surface area contributed by atoms with Crippen molar-refractivity contribution in [2.24, 2.45) is 0 Å². The number of nitrogens with one attached hydrogen (secondary N) is 2. The Morgan fingerprint density at radius 3 is 2.65 bits per heavy atom. The van der Waals surface area contributed by atoms with Crippen LogP contribution in [0.15, 0.2) is 42.6 Å². The number of carbonyl (C=O) groups excluding carboxylic acids is 1. The number of halogens is 3. The largest absolute Gasteiger partial charge is 0.416 e. The SMILES string of the molecule is O=C(CSCc1ccccn1)NNc1ccc(C(F)(F)F)cc1[N+](=O)[O-]. The first-order valence-corrected chi connectivity index (χ1v) is 8.31. The van der Waals surface area contributed by atoms with E-state index >= 15 is 0 Å². The van der Waals surface area contributed by atoms with Gasteiger partial charge in [0.1, 0.15) is 5.69 Å². The molecule has 1 aromatic carbocycles. The molecule has 0 saturated carbocycles. The Labute approximate surface area is 150 Å². The van der Waals surface area contributed by atoms with Crippen molar-refractivity contribution in [3.8, 4) is 0 Å². The van der Waals surface area contributed by atoms with Gasteiger partial charge in [-0.2, -0.15) is 13.2 Å². The van der Waals surface area contributed by atoms with Gasteiger partial charge in [0.25, 0.3) is 5.69 Å². The number of pyridine rings is 1. The molecule has 138 valence electrons. The number of carbonyl (C=O) groups is 1. The number of hydrogen-bond acceptors (Lipinski definition) is 6. The van der Waals surface area contributed by atoms with Crippen LogP contribution in [0.25, 0.3) is 0 Å². The number of anilines is 1. The Kier molecular flexibility index (Phi) is 6.39. The minimum Gasteiger partial charge on any atom is -0.292 e. The van der Waals surface area contributed by atoms with Gasteiger partial charge in [-0.3, -0.25) is 30.7 Å². The molecule has 1 heterocycles. The van der Waals surface area contributed by atoms with Crippen LogP contribution in [0.2, 0.25) is 0 Å². The van der Waals surface area contributed by atoms with Gasteiger partial charge in [0.2, 0.25) is 5.91 Å². The maximum Gasteiger partial charge on any atom is 0.416 e. The van der Waals surface area contributed by atoms with Gasteiger partial charge in [0, 0.05) is 18.0 Å². The van der Waals surface area contributed by atoms with Gasteiger partial charge in [-0.05, 0) is 24.3 Å². The molecule has 0 atom stereocenters. The standard InChI is InChI=1S/C15H13F3N4O3S/c16-15(17,18)10-4-5-12(13(7-10)22(24)25)20-21-14(23)9-26-8-11-3-1-2-6-19-11/h1-7,20H,8-9H2,(H,21,23). The van der Waals surface area contributed by atoms with Crippen LogP contribution in [0.3, 0.4) is 0 Å². The third-order valence-electron chi connectivity index (χ3n) is 3.07. The maximum absolute atomic E-state index is 12.6. The van der Waals surface area contributed by atoms with E-state index in [1.54, 1.807) is 18.3 Å². The van der Waals surface area contributed by atoms with Gasteiger partial charge in [-0.1, -0.05) is 6.07 Å². The topological polar surface area (TPSA) is 97.2 Å². The Bertz CT molecular complexity index is 787. The summed E-state index contributed by atoms with van der Waals surface area (Å²) in [7, 11) is 0. The number of rotatable bonds is 7. The maximum atomic E-state index is 12.6. The zero-order chi connectivity index (χ0) is 19.2. The summed E-state index contributed by atoms with van der Waals surface area (Å²) in [5.41, 5.74) is 3.11. The predicted octanol–water partition coefficient (Wildman–Crippen LogP) is 3.39. The molecular formula is C15H13F3N4O3S. The lowest BCUT2D eigenvalue weighted by atomic mass is 10.1. The van der Waals surface area contributed by atoms with E-state index in [1.807, 2.05) is 6.07 Å². The van der Waals surface area contributed by atoms with Crippen LogP contribution < -0.4 is 10.9 Å². The van der Waals surface area contributed by atoms with E-state index in [2.05, 4.69) is 15.8 Å². The van der Waals surface area contributed by atoms with Crippen LogP contribution in [0, 0.1) is 10.1 Å². The fourth-order valence-electron chi connectivity index (χ4n) is 1.87. The summed E-state index contributed by atoms with van der Waals surface area (Å²) in [5, 5.41) is 10.9. The third-order valence-corrected chi connectivity index (χ3v) is 4.03. The van der Waals surface area contributed by atoms with Gasteiger partial charge in [0.05, 0.1) is 21.9 Å². The molecule has 0 radical (unpaired) electrons. The van der Waals surface area contributed by atoms with Gasteiger partial charge in [-0.25, -0.2) is 0 Å². The van der Waals surface area contributed by atoms with Crippen molar-refractivity contribution >= 4 is 29.0 Å². The molecule has 2 aromatic rings. The molecular weight excluding hydrogens is 373 g/mol. The van der Waals surface area contributed by atoms with Crippen LogP contribution in [0.4, 0.5) is 24.5 Å². The highest BCUT2D eigenvalue weighted by molar-refractivity contribution is 7.99. The van der Waals surface area contributed by atoms with Gasteiger partial charge in [-0.15, -0.1) is 11.8 Å². The zero-order valence-corrected chi connectivity index (χ0v) is 13.9. The second-order valence-corrected chi connectivity index (χ2v) is 5.96. The molecule has 11 heteroatoms. The molecule has 2 N–H and O–H groups in total. The summed E-state index contributed by atoms with van der Waals surface area (Å²) in [6, 6.07) is 7.37. The van der Waals surface area contributed by atoms with Gasteiger partial charge < -0.3 is 0 Å². The third kappa shape index (κ3) is 5.62. The second-order valence-electron chi connectivity index (χ2n) is 4.97. The molecule has 0 aliphatic rings. The number of nitro groups is 1. The Morgan fingerprint density at radius 2 is 2.04 bits per heavy atom. The van der Waals surface area contributed by atoms with E-state index in [1.165, 1.54) is 11.8 Å². The van der Waals surface area contributed by atoms with Crippen LogP contribution in [0.1, 0.15) is 11.3 Å². The lowest BCUT2D eigenvalue weighted by Crippen LogP contribution is -2.31. The van der Waals surface area contributed by atoms with E-state index in [4.69, 9.17) is 0 Å². The normalized spacial score (nSPS) is 11.0. The average Bonchev–Trinajstić information content (AvgIpc) is 2.60.